The van der Waals surface area contributed by atoms with E-state index in [1.54, 1.807) is 12.4 Å². The molecule has 106 valence electrons. The summed E-state index contributed by atoms with van der Waals surface area (Å²) < 4.78 is 2.41. The zero-order valence-electron chi connectivity index (χ0n) is 11.6. The van der Waals surface area contributed by atoms with Gasteiger partial charge in [0.05, 0.1) is 4.47 Å². The van der Waals surface area contributed by atoms with Crippen molar-refractivity contribution in [3.8, 4) is 0 Å². The number of nitrogens with one attached hydrogen (secondary N) is 1. The monoisotopic (exact) mass is 337 g/mol. The van der Waals surface area contributed by atoms with E-state index in [1.165, 1.54) is 0 Å². The molecule has 0 aliphatic rings. The molecule has 2 heterocycles. The number of hydrogen-bond acceptors (Lipinski definition) is 4. The predicted molar refractivity (Wildman–Crippen MR) is 79.7 cm³/mol. The lowest BCUT2D eigenvalue weighted by atomic mass is 10.2. The molecule has 7 heteroatoms. The van der Waals surface area contributed by atoms with Gasteiger partial charge in [-0.15, -0.1) is 0 Å². The number of halogens is 1. The number of amides is 1. The van der Waals surface area contributed by atoms with E-state index in [0.717, 1.165) is 6.54 Å². The first-order valence-electron chi connectivity index (χ1n) is 6.37. The lowest BCUT2D eigenvalue weighted by Gasteiger charge is -2.09. The van der Waals surface area contributed by atoms with E-state index in [4.69, 9.17) is 0 Å². The number of nitrogens with zero attached hydrogens (tertiary/aromatic N) is 4. The van der Waals surface area contributed by atoms with Crippen LogP contribution in [0.4, 0.5) is 5.95 Å². The van der Waals surface area contributed by atoms with Crippen LogP contribution < -0.4 is 5.32 Å². The third-order valence-corrected chi connectivity index (χ3v) is 3.36. The van der Waals surface area contributed by atoms with E-state index in [2.05, 4.69) is 36.2 Å². The summed E-state index contributed by atoms with van der Waals surface area (Å²) in [6.07, 6.45) is 5.06. The van der Waals surface area contributed by atoms with E-state index in [-0.39, 0.29) is 11.8 Å². The molecule has 1 amide bonds. The van der Waals surface area contributed by atoms with Crippen LogP contribution in [0.1, 0.15) is 43.0 Å². The summed E-state index contributed by atoms with van der Waals surface area (Å²) in [5.41, 5.74) is 0.314. The second kappa shape index (κ2) is 6.13. The quantitative estimate of drug-likeness (QED) is 0.930. The fourth-order valence-electron chi connectivity index (χ4n) is 1.67. The highest BCUT2D eigenvalue weighted by molar-refractivity contribution is 9.10. The van der Waals surface area contributed by atoms with Crippen LogP contribution in [-0.2, 0) is 6.54 Å². The number of carbonyl (C=O) groups excluding carboxylic acids is 1. The Morgan fingerprint density at radius 3 is 2.85 bits per heavy atom. The highest BCUT2D eigenvalue weighted by atomic mass is 79.9. The number of carbonyl (C=O) groups is 1. The third-order valence-electron chi connectivity index (χ3n) is 2.78. The van der Waals surface area contributed by atoms with Crippen LogP contribution in [0.5, 0.6) is 0 Å². The number of aryl methyl sites for hydroxylation is 1. The molecule has 2 rings (SSSR count). The number of rotatable bonds is 4. The summed E-state index contributed by atoms with van der Waals surface area (Å²) in [5.74, 6) is 1.00. The van der Waals surface area contributed by atoms with E-state index >= 15 is 0 Å². The standard InChI is InChI=1S/C13H16BrN5O/c1-4-19-6-5-15-13(19)18-12(20)10-9(14)7-16-11(17-10)8(2)3/h5-8H,4H2,1-3H3,(H,15,18,20). The third kappa shape index (κ3) is 3.04. The van der Waals surface area contributed by atoms with Crippen LogP contribution in [0.2, 0.25) is 0 Å². The first kappa shape index (κ1) is 14.6. The lowest BCUT2D eigenvalue weighted by molar-refractivity contribution is 0.101. The molecule has 1 N–H and O–H groups in total. The molecule has 0 aliphatic heterocycles. The van der Waals surface area contributed by atoms with Crippen LogP contribution in [0.3, 0.4) is 0 Å². The van der Waals surface area contributed by atoms with Crippen LogP contribution in [0.25, 0.3) is 0 Å². The molecule has 0 aromatic carbocycles. The molecule has 2 aromatic heterocycles. The normalized spacial score (nSPS) is 10.8. The van der Waals surface area contributed by atoms with Gasteiger partial charge >= 0.3 is 0 Å². The summed E-state index contributed by atoms with van der Waals surface area (Å²) in [6.45, 7) is 6.68. The van der Waals surface area contributed by atoms with E-state index in [0.29, 0.717) is 21.9 Å². The molecular formula is C13H16BrN5O. The van der Waals surface area contributed by atoms with Crippen LogP contribution in [0.15, 0.2) is 23.1 Å². The Bertz CT molecular complexity index is 623. The van der Waals surface area contributed by atoms with Gasteiger partial charge in [-0.05, 0) is 22.9 Å². The van der Waals surface area contributed by atoms with Gasteiger partial charge in [-0.3, -0.25) is 10.1 Å². The summed E-state index contributed by atoms with van der Waals surface area (Å²) >= 11 is 3.31. The second-order valence-electron chi connectivity index (χ2n) is 4.57. The summed E-state index contributed by atoms with van der Waals surface area (Å²) in [7, 11) is 0. The molecule has 2 aromatic rings. The molecule has 0 saturated heterocycles. The Morgan fingerprint density at radius 2 is 2.20 bits per heavy atom. The fraction of sp³-hybridized carbons (Fsp3) is 0.385. The summed E-state index contributed by atoms with van der Waals surface area (Å²) in [5, 5.41) is 2.76. The zero-order valence-corrected chi connectivity index (χ0v) is 13.2. The maximum atomic E-state index is 12.3. The zero-order chi connectivity index (χ0) is 14.7. The van der Waals surface area contributed by atoms with Crippen molar-refractivity contribution in [1.82, 2.24) is 19.5 Å². The maximum Gasteiger partial charge on any atom is 0.277 e. The van der Waals surface area contributed by atoms with Crippen molar-refractivity contribution in [2.75, 3.05) is 5.32 Å². The highest BCUT2D eigenvalue weighted by Crippen LogP contribution is 2.18. The van der Waals surface area contributed by atoms with Gasteiger partial charge in [0.25, 0.3) is 5.91 Å². The average molecular weight is 338 g/mol. The molecule has 6 nitrogen and oxygen atoms in total. The Balaban J connectivity index is 2.27. The highest BCUT2D eigenvalue weighted by Gasteiger charge is 2.16. The minimum atomic E-state index is -0.304. The Hall–Kier alpha value is -1.76. The van der Waals surface area contributed by atoms with Crippen molar-refractivity contribution in [2.45, 2.75) is 33.2 Å². The van der Waals surface area contributed by atoms with Crippen molar-refractivity contribution in [3.05, 3.63) is 34.6 Å². The van der Waals surface area contributed by atoms with E-state index in [9.17, 15) is 4.79 Å². The number of anilines is 1. The molecule has 0 radical (unpaired) electrons. The van der Waals surface area contributed by atoms with Crippen molar-refractivity contribution in [3.63, 3.8) is 0 Å². The van der Waals surface area contributed by atoms with Gasteiger partial charge in [0.1, 0.15) is 11.5 Å². The van der Waals surface area contributed by atoms with Crippen molar-refractivity contribution in [1.29, 1.82) is 0 Å². The molecule has 0 bridgehead atoms. The Morgan fingerprint density at radius 1 is 1.45 bits per heavy atom. The number of hydrogen-bond donors (Lipinski definition) is 1. The molecule has 0 saturated carbocycles. The average Bonchev–Trinajstić information content (AvgIpc) is 2.86. The predicted octanol–water partition coefficient (Wildman–Crippen LogP) is 2.83. The lowest BCUT2D eigenvalue weighted by Crippen LogP contribution is -2.19. The topological polar surface area (TPSA) is 72.7 Å². The van der Waals surface area contributed by atoms with Crippen molar-refractivity contribution < 1.29 is 4.79 Å². The number of imidazole rings is 1. The van der Waals surface area contributed by atoms with Gasteiger partial charge in [-0.2, -0.15) is 0 Å². The SMILES string of the molecule is CCn1ccnc1NC(=O)c1nc(C(C)C)ncc1Br. The fourth-order valence-corrected chi connectivity index (χ4v) is 2.04. The van der Waals surface area contributed by atoms with Gasteiger partial charge in [0.2, 0.25) is 5.95 Å². The summed E-state index contributed by atoms with van der Waals surface area (Å²) in [6, 6.07) is 0. The first-order valence-corrected chi connectivity index (χ1v) is 7.17. The van der Waals surface area contributed by atoms with Gasteiger partial charge in [-0.1, -0.05) is 13.8 Å². The first-order chi connectivity index (χ1) is 9.52. The molecule has 0 aliphatic carbocycles. The van der Waals surface area contributed by atoms with Gasteiger partial charge in [0.15, 0.2) is 0 Å². The van der Waals surface area contributed by atoms with Crippen LogP contribution >= 0.6 is 15.9 Å². The molecule has 20 heavy (non-hydrogen) atoms. The smallest absolute Gasteiger partial charge is 0.277 e. The summed E-state index contributed by atoms with van der Waals surface area (Å²) in [4.78, 5) is 24.9. The largest absolute Gasteiger partial charge is 0.317 e. The maximum absolute atomic E-state index is 12.3. The van der Waals surface area contributed by atoms with Crippen molar-refractivity contribution >= 4 is 27.8 Å². The second-order valence-corrected chi connectivity index (χ2v) is 5.42. The Labute approximate surface area is 125 Å². The molecule has 0 unspecified atom stereocenters. The van der Waals surface area contributed by atoms with Crippen LogP contribution in [0, 0.1) is 0 Å². The Kier molecular flexibility index (Phi) is 4.49. The van der Waals surface area contributed by atoms with Crippen LogP contribution in [-0.4, -0.2) is 25.4 Å². The molecular weight excluding hydrogens is 322 g/mol. The van der Waals surface area contributed by atoms with Gasteiger partial charge in [-0.25, -0.2) is 15.0 Å². The van der Waals surface area contributed by atoms with Gasteiger partial charge < -0.3 is 4.57 Å². The molecule has 0 atom stereocenters. The minimum absolute atomic E-state index is 0.160. The molecule has 0 fully saturated rings. The number of aromatic nitrogens is 4. The minimum Gasteiger partial charge on any atom is -0.317 e. The van der Waals surface area contributed by atoms with Crippen molar-refractivity contribution in [2.24, 2.45) is 0 Å². The van der Waals surface area contributed by atoms with E-state index in [1.807, 2.05) is 31.5 Å². The molecule has 0 spiro atoms. The van der Waals surface area contributed by atoms with Gasteiger partial charge in [0, 0.05) is 31.1 Å². The van der Waals surface area contributed by atoms with E-state index < -0.39 is 0 Å².